The number of hydrogen-bond donors (Lipinski definition) is 2. The number of aliphatic hydroxyl groups is 1. The quantitative estimate of drug-likeness (QED) is 0.812. The number of urea groups is 1. The second-order valence-corrected chi connectivity index (χ2v) is 6.51. The number of ether oxygens (including phenoxy) is 1. The first-order valence-electron chi connectivity index (χ1n) is 7.55. The number of hydrogen-bond acceptors (Lipinski definition) is 3. The number of likely N-dealkylation sites (N-methyl/N-ethyl adjacent to an activating group) is 1. The lowest BCUT2D eigenvalue weighted by Gasteiger charge is -2.26. The molecule has 1 aromatic rings. The van der Waals surface area contributed by atoms with Gasteiger partial charge >= 0.3 is 6.03 Å². The third kappa shape index (κ3) is 6.80. The molecule has 5 nitrogen and oxygen atoms in total. The summed E-state index contributed by atoms with van der Waals surface area (Å²) in [6, 6.07) is 7.80. The molecule has 5 heteroatoms. The molecule has 22 heavy (non-hydrogen) atoms. The fourth-order valence-corrected chi connectivity index (χ4v) is 2.28. The Morgan fingerprint density at radius 1 is 1.36 bits per heavy atom. The van der Waals surface area contributed by atoms with Crippen LogP contribution in [-0.2, 0) is 6.42 Å². The summed E-state index contributed by atoms with van der Waals surface area (Å²) >= 11 is 0. The minimum Gasteiger partial charge on any atom is -0.497 e. The summed E-state index contributed by atoms with van der Waals surface area (Å²) < 4.78 is 5.14. The van der Waals surface area contributed by atoms with E-state index in [1.807, 2.05) is 24.3 Å². The van der Waals surface area contributed by atoms with E-state index in [-0.39, 0.29) is 6.03 Å². The first kappa shape index (κ1) is 18.3. The highest BCUT2D eigenvalue weighted by Gasteiger charge is 2.19. The average molecular weight is 308 g/mol. The van der Waals surface area contributed by atoms with Crippen molar-refractivity contribution >= 4 is 6.03 Å². The molecule has 0 bridgehead atoms. The van der Waals surface area contributed by atoms with E-state index in [4.69, 9.17) is 4.74 Å². The largest absolute Gasteiger partial charge is 0.497 e. The van der Waals surface area contributed by atoms with Gasteiger partial charge < -0.3 is 20.1 Å². The molecule has 0 spiro atoms. The Bertz CT molecular complexity index is 466. The van der Waals surface area contributed by atoms with Crippen LogP contribution >= 0.6 is 0 Å². The van der Waals surface area contributed by atoms with Crippen LogP contribution in [0.1, 0.15) is 26.3 Å². The van der Waals surface area contributed by atoms with Gasteiger partial charge in [0, 0.05) is 13.6 Å². The van der Waals surface area contributed by atoms with Crippen molar-refractivity contribution in [2.24, 2.45) is 5.92 Å². The Hall–Kier alpha value is -1.75. The molecule has 0 aliphatic carbocycles. The van der Waals surface area contributed by atoms with Crippen molar-refractivity contribution in [3.63, 3.8) is 0 Å². The first-order chi connectivity index (χ1) is 10.2. The van der Waals surface area contributed by atoms with E-state index in [0.717, 1.165) is 12.2 Å². The lowest BCUT2D eigenvalue weighted by Crippen LogP contribution is -2.45. The van der Waals surface area contributed by atoms with Gasteiger partial charge in [0.15, 0.2) is 0 Å². The maximum atomic E-state index is 11.9. The van der Waals surface area contributed by atoms with Gasteiger partial charge in [-0.25, -0.2) is 4.79 Å². The zero-order valence-electron chi connectivity index (χ0n) is 14.2. The molecule has 0 saturated carbocycles. The summed E-state index contributed by atoms with van der Waals surface area (Å²) in [6.45, 7) is 6.36. The molecule has 2 amide bonds. The normalized spacial score (nSPS) is 12.6. The second-order valence-electron chi connectivity index (χ2n) is 6.51. The van der Waals surface area contributed by atoms with E-state index in [1.54, 1.807) is 28.0 Å². The van der Waals surface area contributed by atoms with Gasteiger partial charge in [-0.2, -0.15) is 0 Å². The molecule has 2 N–H and O–H groups in total. The molecule has 1 rings (SSSR count). The van der Waals surface area contributed by atoms with Crippen LogP contribution in [0, 0.1) is 5.92 Å². The van der Waals surface area contributed by atoms with Crippen LogP contribution in [0.5, 0.6) is 5.75 Å². The highest BCUT2D eigenvalue weighted by atomic mass is 16.5. The van der Waals surface area contributed by atoms with E-state index in [2.05, 4.69) is 12.2 Å². The van der Waals surface area contributed by atoms with Crippen LogP contribution in [-0.4, -0.2) is 48.9 Å². The van der Waals surface area contributed by atoms with Crippen LogP contribution in [0.2, 0.25) is 0 Å². The van der Waals surface area contributed by atoms with Crippen molar-refractivity contribution in [1.29, 1.82) is 0 Å². The molecule has 0 saturated heterocycles. The molecule has 0 radical (unpaired) electrons. The Morgan fingerprint density at radius 3 is 2.45 bits per heavy atom. The number of carbonyl (C=O) groups is 1. The van der Waals surface area contributed by atoms with Gasteiger partial charge in [-0.1, -0.05) is 19.1 Å². The number of nitrogens with zero attached hydrogens (tertiary/aromatic N) is 1. The van der Waals surface area contributed by atoms with Crippen molar-refractivity contribution < 1.29 is 14.6 Å². The number of benzene rings is 1. The predicted octanol–water partition coefficient (Wildman–Crippen LogP) is 2.29. The Balaban J connectivity index is 2.38. The van der Waals surface area contributed by atoms with Crippen LogP contribution < -0.4 is 10.1 Å². The van der Waals surface area contributed by atoms with Crippen molar-refractivity contribution in [1.82, 2.24) is 10.2 Å². The minimum atomic E-state index is -0.888. The number of rotatable bonds is 7. The fraction of sp³-hybridized carbons (Fsp3) is 0.588. The van der Waals surface area contributed by atoms with Gasteiger partial charge in [-0.15, -0.1) is 0 Å². The van der Waals surface area contributed by atoms with Gasteiger partial charge in [0.05, 0.1) is 19.3 Å². The zero-order chi connectivity index (χ0) is 16.8. The number of amides is 2. The van der Waals surface area contributed by atoms with Crippen LogP contribution in [0.4, 0.5) is 4.79 Å². The van der Waals surface area contributed by atoms with E-state index >= 15 is 0 Å². The number of methoxy groups -OCH3 is 1. The molecule has 124 valence electrons. The summed E-state index contributed by atoms with van der Waals surface area (Å²) in [5.74, 6) is 1.17. The molecule has 1 aromatic carbocycles. The topological polar surface area (TPSA) is 61.8 Å². The third-order valence-corrected chi connectivity index (χ3v) is 3.32. The lowest BCUT2D eigenvalue weighted by atomic mass is 10.0. The van der Waals surface area contributed by atoms with Crippen LogP contribution in [0.15, 0.2) is 24.3 Å². The van der Waals surface area contributed by atoms with Gasteiger partial charge in [-0.05, 0) is 43.9 Å². The predicted molar refractivity (Wildman–Crippen MR) is 88.2 cm³/mol. The Labute approximate surface area is 133 Å². The molecule has 1 unspecified atom stereocenters. The highest BCUT2D eigenvalue weighted by molar-refractivity contribution is 5.73. The second kappa shape index (κ2) is 8.03. The molecular formula is C17H28N2O3. The maximum absolute atomic E-state index is 11.9. The van der Waals surface area contributed by atoms with Crippen molar-refractivity contribution in [2.45, 2.75) is 32.8 Å². The maximum Gasteiger partial charge on any atom is 0.317 e. The van der Waals surface area contributed by atoms with E-state index in [1.165, 1.54) is 10.5 Å². The summed E-state index contributed by atoms with van der Waals surface area (Å²) in [7, 11) is 3.33. The average Bonchev–Trinajstić information content (AvgIpc) is 2.43. The van der Waals surface area contributed by atoms with Crippen LogP contribution in [0.25, 0.3) is 0 Å². The SMILES string of the molecule is COc1ccc(CC(C)CNC(=O)N(C)CC(C)(C)O)cc1. The molecule has 0 aliphatic heterocycles. The third-order valence-electron chi connectivity index (χ3n) is 3.32. The molecule has 0 aliphatic rings. The van der Waals surface area contributed by atoms with E-state index in [0.29, 0.717) is 19.0 Å². The standard InChI is InChI=1S/C17H28N2O3/c1-13(10-14-6-8-15(22-5)9-7-14)11-18-16(20)19(4)12-17(2,3)21/h6-9,13,21H,10-12H2,1-5H3,(H,18,20). The Morgan fingerprint density at radius 2 is 1.95 bits per heavy atom. The van der Waals surface area contributed by atoms with Crippen molar-refractivity contribution in [3.05, 3.63) is 29.8 Å². The summed E-state index contributed by atoms with van der Waals surface area (Å²) in [6.07, 6.45) is 0.888. The smallest absolute Gasteiger partial charge is 0.317 e. The van der Waals surface area contributed by atoms with Gasteiger partial charge in [0.25, 0.3) is 0 Å². The summed E-state index contributed by atoms with van der Waals surface area (Å²) in [5, 5.41) is 12.6. The fourth-order valence-electron chi connectivity index (χ4n) is 2.28. The van der Waals surface area contributed by atoms with Crippen molar-refractivity contribution in [3.8, 4) is 5.75 Å². The molecule has 1 atom stereocenters. The molecule has 0 aromatic heterocycles. The van der Waals surface area contributed by atoms with E-state index in [9.17, 15) is 9.90 Å². The highest BCUT2D eigenvalue weighted by Crippen LogP contribution is 2.14. The summed E-state index contributed by atoms with van der Waals surface area (Å²) in [5.41, 5.74) is 0.327. The molecular weight excluding hydrogens is 280 g/mol. The first-order valence-corrected chi connectivity index (χ1v) is 7.55. The van der Waals surface area contributed by atoms with Crippen molar-refractivity contribution in [2.75, 3.05) is 27.2 Å². The number of carbonyl (C=O) groups excluding carboxylic acids is 1. The van der Waals surface area contributed by atoms with Gasteiger partial charge in [-0.3, -0.25) is 0 Å². The van der Waals surface area contributed by atoms with Crippen LogP contribution in [0.3, 0.4) is 0 Å². The zero-order valence-corrected chi connectivity index (χ0v) is 14.2. The Kier molecular flexibility index (Phi) is 6.68. The number of nitrogens with one attached hydrogen (secondary N) is 1. The molecule has 0 heterocycles. The molecule has 0 fully saturated rings. The summed E-state index contributed by atoms with van der Waals surface area (Å²) in [4.78, 5) is 13.4. The van der Waals surface area contributed by atoms with Gasteiger partial charge in [0.1, 0.15) is 5.75 Å². The monoisotopic (exact) mass is 308 g/mol. The minimum absolute atomic E-state index is 0.163. The van der Waals surface area contributed by atoms with Gasteiger partial charge in [0.2, 0.25) is 0 Å². The van der Waals surface area contributed by atoms with E-state index < -0.39 is 5.60 Å². The lowest BCUT2D eigenvalue weighted by molar-refractivity contribution is 0.0531.